The number of hydrogen-bond acceptors (Lipinski definition) is 4. The first-order chi connectivity index (χ1) is 13.0. The van der Waals surface area contributed by atoms with Crippen LogP contribution in [0.2, 0.25) is 0 Å². The number of carbonyl (C=O) groups is 1. The summed E-state index contributed by atoms with van der Waals surface area (Å²) in [6.07, 6.45) is 0. The van der Waals surface area contributed by atoms with Crippen molar-refractivity contribution in [1.82, 2.24) is 9.78 Å². The Bertz CT molecular complexity index is 1050. The number of ether oxygens (including phenoxy) is 1. The van der Waals surface area contributed by atoms with Crippen LogP contribution < -0.4 is 15.6 Å². The van der Waals surface area contributed by atoms with Crippen molar-refractivity contribution in [3.8, 4) is 17.0 Å². The molecule has 138 valence electrons. The second-order valence-corrected chi connectivity index (χ2v) is 6.84. The molecule has 0 aliphatic heterocycles. The maximum absolute atomic E-state index is 12.4. The summed E-state index contributed by atoms with van der Waals surface area (Å²) in [5.74, 6) is 0.317. The number of anilines is 1. The molecule has 27 heavy (non-hydrogen) atoms. The van der Waals surface area contributed by atoms with Gasteiger partial charge in [-0.2, -0.15) is 5.10 Å². The normalized spacial score (nSPS) is 10.5. The van der Waals surface area contributed by atoms with Crippen LogP contribution in [0.15, 0.2) is 63.9 Å². The third-order valence-electron chi connectivity index (χ3n) is 4.01. The third-order valence-corrected chi connectivity index (χ3v) is 4.50. The van der Waals surface area contributed by atoms with Crippen LogP contribution in [0.3, 0.4) is 0 Å². The first-order valence-corrected chi connectivity index (χ1v) is 9.05. The minimum absolute atomic E-state index is 0.183. The number of amides is 1. The van der Waals surface area contributed by atoms with Crippen molar-refractivity contribution in [2.24, 2.45) is 0 Å². The summed E-state index contributed by atoms with van der Waals surface area (Å²) < 4.78 is 7.42. The third kappa shape index (κ3) is 4.43. The van der Waals surface area contributed by atoms with E-state index in [9.17, 15) is 9.59 Å². The highest BCUT2D eigenvalue weighted by atomic mass is 79.9. The Morgan fingerprint density at radius 3 is 2.70 bits per heavy atom. The van der Waals surface area contributed by atoms with E-state index in [1.807, 2.05) is 43.3 Å². The maximum Gasteiger partial charge on any atom is 0.267 e. The number of aromatic nitrogens is 2. The van der Waals surface area contributed by atoms with E-state index in [4.69, 9.17) is 4.74 Å². The van der Waals surface area contributed by atoms with Crippen LogP contribution in [0.25, 0.3) is 11.3 Å². The number of halogens is 1. The van der Waals surface area contributed by atoms with Crippen molar-refractivity contribution in [1.29, 1.82) is 0 Å². The van der Waals surface area contributed by atoms with Gasteiger partial charge in [-0.05, 0) is 48.9 Å². The van der Waals surface area contributed by atoms with Gasteiger partial charge in [0.1, 0.15) is 12.3 Å². The Balaban J connectivity index is 1.84. The van der Waals surface area contributed by atoms with Crippen LogP contribution in [0, 0.1) is 6.92 Å². The Labute approximate surface area is 164 Å². The Kier molecular flexibility index (Phi) is 5.71. The predicted octanol–water partition coefficient (Wildman–Crippen LogP) is 3.63. The molecule has 0 saturated heterocycles. The van der Waals surface area contributed by atoms with Crippen molar-refractivity contribution in [3.05, 3.63) is 75.0 Å². The van der Waals surface area contributed by atoms with Gasteiger partial charge in [0.25, 0.3) is 5.56 Å². The smallest absolute Gasteiger partial charge is 0.267 e. The number of aryl methyl sites for hydroxylation is 1. The number of carbonyl (C=O) groups excluding carboxylic acids is 1. The second kappa shape index (κ2) is 8.18. The van der Waals surface area contributed by atoms with Crippen LogP contribution in [0.1, 0.15) is 5.56 Å². The minimum atomic E-state index is -0.351. The Morgan fingerprint density at radius 2 is 1.96 bits per heavy atom. The average molecular weight is 428 g/mol. The maximum atomic E-state index is 12.4. The number of rotatable bonds is 5. The molecule has 6 nitrogen and oxygen atoms in total. The fourth-order valence-corrected chi connectivity index (χ4v) is 3.13. The van der Waals surface area contributed by atoms with Crippen molar-refractivity contribution < 1.29 is 9.53 Å². The zero-order valence-electron chi connectivity index (χ0n) is 14.9. The Hall–Kier alpha value is -2.93. The predicted molar refractivity (Wildman–Crippen MR) is 108 cm³/mol. The number of methoxy groups -OCH3 is 1. The van der Waals surface area contributed by atoms with Crippen molar-refractivity contribution in [2.45, 2.75) is 13.5 Å². The number of hydrogen-bond donors (Lipinski definition) is 1. The van der Waals surface area contributed by atoms with Gasteiger partial charge in [0, 0.05) is 21.8 Å². The fourth-order valence-electron chi connectivity index (χ4n) is 2.66. The molecular weight excluding hydrogens is 410 g/mol. The standard InChI is InChI=1S/C20H18BrN3O3/c1-13-11-14(21)7-8-16(13)22-19(25)12-24-20(26)10-9-17(23-24)15-5-3-4-6-18(15)27-2/h3-11H,12H2,1-2H3,(H,22,25). The molecule has 0 bridgehead atoms. The minimum Gasteiger partial charge on any atom is -0.496 e. The van der Waals surface area contributed by atoms with Gasteiger partial charge in [-0.25, -0.2) is 4.68 Å². The van der Waals surface area contributed by atoms with Crippen molar-refractivity contribution in [3.63, 3.8) is 0 Å². The summed E-state index contributed by atoms with van der Waals surface area (Å²) in [7, 11) is 1.57. The highest BCUT2D eigenvalue weighted by molar-refractivity contribution is 9.10. The molecule has 0 saturated carbocycles. The lowest BCUT2D eigenvalue weighted by atomic mass is 10.1. The van der Waals surface area contributed by atoms with Crippen LogP contribution in [0.4, 0.5) is 5.69 Å². The van der Waals surface area contributed by atoms with E-state index in [1.54, 1.807) is 19.2 Å². The molecular formula is C20H18BrN3O3. The average Bonchev–Trinajstić information content (AvgIpc) is 2.66. The molecule has 0 fully saturated rings. The highest BCUT2D eigenvalue weighted by Crippen LogP contribution is 2.27. The van der Waals surface area contributed by atoms with Gasteiger partial charge in [0.2, 0.25) is 5.91 Å². The lowest BCUT2D eigenvalue weighted by Gasteiger charge is -2.11. The topological polar surface area (TPSA) is 73.2 Å². The zero-order chi connectivity index (χ0) is 19.4. The molecule has 0 radical (unpaired) electrons. The molecule has 0 atom stereocenters. The zero-order valence-corrected chi connectivity index (χ0v) is 16.5. The number of nitrogens with zero attached hydrogens (tertiary/aromatic N) is 2. The van der Waals surface area contributed by atoms with E-state index in [-0.39, 0.29) is 18.0 Å². The molecule has 0 spiro atoms. The van der Waals surface area contributed by atoms with Gasteiger partial charge in [0.15, 0.2) is 0 Å². The second-order valence-electron chi connectivity index (χ2n) is 5.92. The Morgan fingerprint density at radius 1 is 1.19 bits per heavy atom. The molecule has 0 aliphatic carbocycles. The van der Waals surface area contributed by atoms with Crippen LogP contribution in [0.5, 0.6) is 5.75 Å². The fraction of sp³-hybridized carbons (Fsp3) is 0.150. The van der Waals surface area contributed by atoms with E-state index in [2.05, 4.69) is 26.3 Å². The largest absolute Gasteiger partial charge is 0.496 e. The molecule has 0 unspecified atom stereocenters. The summed E-state index contributed by atoms with van der Waals surface area (Å²) >= 11 is 3.39. The molecule has 3 rings (SSSR count). The summed E-state index contributed by atoms with van der Waals surface area (Å²) in [6, 6.07) is 15.9. The van der Waals surface area contributed by atoms with Gasteiger partial charge in [-0.1, -0.05) is 28.1 Å². The van der Waals surface area contributed by atoms with Gasteiger partial charge >= 0.3 is 0 Å². The van der Waals surface area contributed by atoms with E-state index >= 15 is 0 Å². The first-order valence-electron chi connectivity index (χ1n) is 8.25. The molecule has 0 aliphatic rings. The lowest BCUT2D eigenvalue weighted by molar-refractivity contribution is -0.117. The van der Waals surface area contributed by atoms with Crippen LogP contribution in [-0.2, 0) is 11.3 Å². The van der Waals surface area contributed by atoms with E-state index < -0.39 is 0 Å². The summed E-state index contributed by atoms with van der Waals surface area (Å²) in [5.41, 5.74) is 2.56. The molecule has 1 heterocycles. The van der Waals surface area contributed by atoms with E-state index in [0.29, 0.717) is 17.1 Å². The van der Waals surface area contributed by atoms with Crippen LogP contribution in [-0.4, -0.2) is 22.8 Å². The molecule has 1 amide bonds. The van der Waals surface area contributed by atoms with Gasteiger partial charge in [0.05, 0.1) is 12.8 Å². The van der Waals surface area contributed by atoms with Crippen LogP contribution >= 0.6 is 15.9 Å². The van der Waals surface area contributed by atoms with Gasteiger partial charge in [-0.15, -0.1) is 0 Å². The molecule has 2 aromatic carbocycles. The SMILES string of the molecule is COc1ccccc1-c1ccc(=O)n(CC(=O)Nc2ccc(Br)cc2C)n1. The summed E-state index contributed by atoms with van der Waals surface area (Å²) in [6.45, 7) is 1.71. The monoisotopic (exact) mass is 427 g/mol. The van der Waals surface area contributed by atoms with Crippen molar-refractivity contribution in [2.75, 3.05) is 12.4 Å². The molecule has 1 aromatic heterocycles. The first kappa shape index (κ1) is 18.8. The number of nitrogens with one attached hydrogen (secondary N) is 1. The quantitative estimate of drug-likeness (QED) is 0.674. The van der Waals surface area contributed by atoms with E-state index in [0.717, 1.165) is 20.3 Å². The molecule has 3 aromatic rings. The highest BCUT2D eigenvalue weighted by Gasteiger charge is 2.11. The van der Waals surface area contributed by atoms with E-state index in [1.165, 1.54) is 6.07 Å². The molecule has 7 heteroatoms. The molecule has 1 N–H and O–H groups in total. The van der Waals surface area contributed by atoms with Gasteiger partial charge in [-0.3, -0.25) is 9.59 Å². The van der Waals surface area contributed by atoms with Crippen molar-refractivity contribution >= 4 is 27.5 Å². The summed E-state index contributed by atoms with van der Waals surface area (Å²) in [5, 5.41) is 7.14. The lowest BCUT2D eigenvalue weighted by Crippen LogP contribution is -2.29. The van der Waals surface area contributed by atoms with Gasteiger partial charge < -0.3 is 10.1 Å². The number of benzene rings is 2. The summed E-state index contributed by atoms with van der Waals surface area (Å²) in [4.78, 5) is 24.5. The number of para-hydroxylation sites is 1.